The summed E-state index contributed by atoms with van der Waals surface area (Å²) in [5.74, 6) is -23.8. The van der Waals surface area contributed by atoms with Crippen molar-refractivity contribution in [3.63, 3.8) is 0 Å². The molecule has 0 nitrogen and oxygen atoms in total. The predicted octanol–water partition coefficient (Wildman–Crippen LogP) is 6.69. The molecule has 0 heterocycles. The summed E-state index contributed by atoms with van der Waals surface area (Å²) in [7, 11) is 3.02. The first-order valence-corrected chi connectivity index (χ1v) is 12.4. The Morgan fingerprint density at radius 3 is 1.09 bits per heavy atom. The van der Waals surface area contributed by atoms with Crippen LogP contribution in [0.2, 0.25) is 19.6 Å². The largest absolute Gasteiger partial charge is 0.203 e. The fraction of sp³-hybridized carbons (Fsp3) is 0.200. The summed E-state index contributed by atoms with van der Waals surface area (Å²) < 4.78 is 141. The lowest BCUT2D eigenvalue weighted by Gasteiger charge is -2.23. The van der Waals surface area contributed by atoms with Crippen molar-refractivity contribution in [3.8, 4) is 0 Å². The Labute approximate surface area is 177 Å². The normalized spacial score (nSPS) is 14.8. The molecule has 0 aliphatic heterocycles. The summed E-state index contributed by atoms with van der Waals surface area (Å²) in [6.45, 7) is 4.72. The van der Waals surface area contributed by atoms with Crippen LogP contribution in [0.5, 0.6) is 0 Å². The average Bonchev–Trinajstić information content (AvgIpc) is 3.05. The molecule has 2 aromatic rings. The molecular weight excluding hydrogens is 469 g/mol. The van der Waals surface area contributed by atoms with Crippen molar-refractivity contribution in [2.75, 3.05) is 0 Å². The molecule has 0 saturated carbocycles. The van der Waals surface area contributed by atoms with E-state index in [0.717, 1.165) is 0 Å². The van der Waals surface area contributed by atoms with Crippen molar-refractivity contribution >= 4 is 27.1 Å². The van der Waals surface area contributed by atoms with E-state index in [2.05, 4.69) is 0 Å². The third kappa shape index (κ3) is 3.39. The molecular formula is C20H11BF10Si. The molecule has 1 aliphatic carbocycles. The molecule has 3 rings (SSSR count). The van der Waals surface area contributed by atoms with Crippen LogP contribution < -0.4 is 0 Å². The van der Waals surface area contributed by atoms with Gasteiger partial charge in [0, 0.05) is 0 Å². The summed E-state index contributed by atoms with van der Waals surface area (Å²) in [6, 6.07) is 0. The molecule has 12 heteroatoms. The van der Waals surface area contributed by atoms with Gasteiger partial charge in [0.1, 0.15) is 7.85 Å². The number of benzene rings is 2. The SMILES string of the molecule is [B]C1=C(c2c(F)c(F)c(F)c(F)c2F)C(c2c(F)c(F)c(F)c(F)c2F)=C([Si](C)(C)C)C1. The van der Waals surface area contributed by atoms with E-state index >= 15 is 0 Å². The number of hydrogen-bond donors (Lipinski definition) is 0. The topological polar surface area (TPSA) is 0 Å². The molecule has 32 heavy (non-hydrogen) atoms. The highest BCUT2D eigenvalue weighted by Gasteiger charge is 2.40. The van der Waals surface area contributed by atoms with Gasteiger partial charge in [0.25, 0.3) is 0 Å². The van der Waals surface area contributed by atoms with Gasteiger partial charge < -0.3 is 0 Å². The van der Waals surface area contributed by atoms with Gasteiger partial charge in [-0.25, -0.2) is 43.9 Å². The highest BCUT2D eigenvalue weighted by Crippen LogP contribution is 2.50. The smallest absolute Gasteiger partial charge is 0.200 e. The van der Waals surface area contributed by atoms with E-state index in [-0.39, 0.29) is 5.20 Å². The zero-order valence-corrected chi connectivity index (χ0v) is 17.6. The Morgan fingerprint density at radius 2 is 0.781 bits per heavy atom. The van der Waals surface area contributed by atoms with E-state index in [4.69, 9.17) is 7.85 Å². The van der Waals surface area contributed by atoms with Crippen LogP contribution >= 0.6 is 0 Å². The number of rotatable bonds is 3. The zero-order valence-electron chi connectivity index (χ0n) is 16.6. The minimum atomic E-state index is -2.77. The third-order valence-corrected chi connectivity index (χ3v) is 7.30. The summed E-state index contributed by atoms with van der Waals surface area (Å²) in [6.07, 6.45) is -0.431. The first kappa shape index (κ1) is 24.2. The van der Waals surface area contributed by atoms with Gasteiger partial charge in [-0.05, 0) is 17.6 Å². The quantitative estimate of drug-likeness (QED) is 0.199. The standard InChI is InChI=1S/C20H11BF10Si/c1-32(2,3)6-4-5(21)7(9-11(22)15(26)19(30)16(27)12(9)23)8(6)10-13(24)17(28)20(31)18(29)14(10)25/h4H2,1-3H3. The second-order valence-corrected chi connectivity index (χ2v) is 13.2. The molecule has 0 amide bonds. The highest BCUT2D eigenvalue weighted by molar-refractivity contribution is 6.84. The van der Waals surface area contributed by atoms with Gasteiger partial charge in [-0.2, -0.15) is 0 Å². The van der Waals surface area contributed by atoms with Crippen LogP contribution in [-0.4, -0.2) is 15.9 Å². The van der Waals surface area contributed by atoms with E-state index in [1.54, 1.807) is 19.6 Å². The maximum Gasteiger partial charge on any atom is 0.200 e. The van der Waals surface area contributed by atoms with Gasteiger partial charge in [-0.3, -0.25) is 0 Å². The van der Waals surface area contributed by atoms with E-state index < -0.39 is 100 Å². The molecule has 0 aromatic heterocycles. The Hall–Kier alpha value is -2.50. The molecule has 0 fully saturated rings. The minimum Gasteiger partial charge on any atom is -0.203 e. The van der Waals surface area contributed by atoms with Crippen LogP contribution in [0, 0.1) is 58.2 Å². The minimum absolute atomic E-state index is 0.00264. The lowest BCUT2D eigenvalue weighted by molar-refractivity contribution is 0.375. The van der Waals surface area contributed by atoms with Gasteiger partial charge in [0.15, 0.2) is 46.5 Å². The van der Waals surface area contributed by atoms with Crippen LogP contribution in [0.4, 0.5) is 43.9 Å². The number of allylic oxidation sites excluding steroid dienone is 4. The molecule has 0 atom stereocenters. The van der Waals surface area contributed by atoms with Crippen molar-refractivity contribution < 1.29 is 43.9 Å². The Bertz CT molecular complexity index is 1180. The average molecular weight is 480 g/mol. The van der Waals surface area contributed by atoms with Crippen molar-refractivity contribution in [2.24, 2.45) is 0 Å². The second kappa shape index (κ2) is 7.82. The Kier molecular flexibility index (Phi) is 5.90. The Morgan fingerprint density at radius 1 is 0.500 bits per heavy atom. The fourth-order valence-corrected chi connectivity index (χ4v) is 5.25. The van der Waals surface area contributed by atoms with Crippen LogP contribution in [0.15, 0.2) is 10.7 Å². The molecule has 0 bridgehead atoms. The number of hydrogen-bond acceptors (Lipinski definition) is 0. The maximum absolute atomic E-state index is 14.7. The molecule has 0 N–H and O–H groups in total. The maximum atomic E-state index is 14.7. The van der Waals surface area contributed by atoms with Crippen LogP contribution in [0.25, 0.3) is 11.1 Å². The first-order valence-electron chi connectivity index (χ1n) is 8.89. The summed E-state index contributed by atoms with van der Waals surface area (Å²) in [5.41, 5.74) is -5.62. The van der Waals surface area contributed by atoms with E-state index in [1.807, 2.05) is 0 Å². The highest BCUT2D eigenvalue weighted by atomic mass is 28.3. The molecule has 168 valence electrons. The molecule has 2 aromatic carbocycles. The second-order valence-electron chi connectivity index (χ2n) is 8.07. The molecule has 0 saturated heterocycles. The van der Waals surface area contributed by atoms with E-state index in [1.165, 1.54) is 0 Å². The van der Waals surface area contributed by atoms with Crippen molar-refractivity contribution in [3.05, 3.63) is 80.0 Å². The molecule has 0 unspecified atom stereocenters. The Balaban J connectivity index is 2.54. The van der Waals surface area contributed by atoms with Gasteiger partial charge in [-0.1, -0.05) is 24.8 Å². The van der Waals surface area contributed by atoms with Crippen molar-refractivity contribution in [1.82, 2.24) is 0 Å². The number of halogens is 10. The van der Waals surface area contributed by atoms with Crippen molar-refractivity contribution in [1.29, 1.82) is 0 Å². The van der Waals surface area contributed by atoms with E-state index in [9.17, 15) is 43.9 Å². The summed E-state index contributed by atoms with van der Waals surface area (Å²) in [5, 5.41) is -0.00264. The summed E-state index contributed by atoms with van der Waals surface area (Å²) >= 11 is 0. The van der Waals surface area contributed by atoms with Crippen LogP contribution in [-0.2, 0) is 0 Å². The first-order chi connectivity index (χ1) is 14.6. The zero-order chi connectivity index (χ0) is 24.4. The molecule has 1 aliphatic rings. The van der Waals surface area contributed by atoms with E-state index in [0.29, 0.717) is 0 Å². The van der Waals surface area contributed by atoms with Gasteiger partial charge in [-0.15, -0.1) is 5.47 Å². The fourth-order valence-electron chi connectivity index (χ4n) is 3.53. The van der Waals surface area contributed by atoms with Gasteiger partial charge in [0.2, 0.25) is 11.6 Å². The summed E-state index contributed by atoms with van der Waals surface area (Å²) in [4.78, 5) is 0. The van der Waals surface area contributed by atoms with Crippen LogP contribution in [0.3, 0.4) is 0 Å². The van der Waals surface area contributed by atoms with Gasteiger partial charge in [0.05, 0.1) is 19.2 Å². The third-order valence-electron chi connectivity index (χ3n) is 5.07. The monoisotopic (exact) mass is 480 g/mol. The molecule has 0 spiro atoms. The molecule has 2 radical (unpaired) electrons. The van der Waals surface area contributed by atoms with Crippen LogP contribution in [0.1, 0.15) is 17.5 Å². The lowest BCUT2D eigenvalue weighted by atomic mass is 9.84. The predicted molar refractivity (Wildman–Crippen MR) is 100 cm³/mol. The lowest BCUT2D eigenvalue weighted by Crippen LogP contribution is -2.25. The van der Waals surface area contributed by atoms with Gasteiger partial charge >= 0.3 is 0 Å². The van der Waals surface area contributed by atoms with Crippen molar-refractivity contribution in [2.45, 2.75) is 26.1 Å².